The zero-order valence-electron chi connectivity index (χ0n) is 12.6. The third-order valence-corrected chi connectivity index (χ3v) is 4.36. The van der Waals surface area contributed by atoms with E-state index in [1.165, 1.54) is 0 Å². The lowest BCUT2D eigenvalue weighted by molar-refractivity contribution is -0.131. The normalized spacial score (nSPS) is 26.4. The SMILES string of the molecule is O=C(CCN1CCCO1)N[C@H](c1ccccn1)C1CC(O)C1. The van der Waals surface area contributed by atoms with Crippen LogP contribution < -0.4 is 5.32 Å². The number of hydrogen-bond acceptors (Lipinski definition) is 5. The lowest BCUT2D eigenvalue weighted by Crippen LogP contribution is -2.42. The average molecular weight is 305 g/mol. The fourth-order valence-corrected chi connectivity index (χ4v) is 3.04. The summed E-state index contributed by atoms with van der Waals surface area (Å²) in [7, 11) is 0. The number of carbonyl (C=O) groups excluding carboxylic acids is 1. The second-order valence-corrected chi connectivity index (χ2v) is 6.05. The van der Waals surface area contributed by atoms with Gasteiger partial charge >= 0.3 is 0 Å². The highest BCUT2D eigenvalue weighted by molar-refractivity contribution is 5.76. The Kier molecular flexibility index (Phi) is 5.02. The minimum Gasteiger partial charge on any atom is -0.393 e. The summed E-state index contributed by atoms with van der Waals surface area (Å²) in [4.78, 5) is 22.0. The molecule has 0 unspecified atom stereocenters. The monoisotopic (exact) mass is 305 g/mol. The molecule has 2 fully saturated rings. The molecular formula is C16H23N3O3. The molecule has 22 heavy (non-hydrogen) atoms. The van der Waals surface area contributed by atoms with Crippen LogP contribution in [0.15, 0.2) is 24.4 Å². The Labute approximate surface area is 130 Å². The fraction of sp³-hybridized carbons (Fsp3) is 0.625. The van der Waals surface area contributed by atoms with E-state index >= 15 is 0 Å². The van der Waals surface area contributed by atoms with Crippen molar-refractivity contribution in [2.24, 2.45) is 5.92 Å². The number of aliphatic hydroxyl groups is 1. The van der Waals surface area contributed by atoms with E-state index in [0.29, 0.717) is 13.0 Å². The van der Waals surface area contributed by atoms with E-state index in [9.17, 15) is 9.90 Å². The molecule has 1 saturated carbocycles. The van der Waals surface area contributed by atoms with Crippen LogP contribution in [-0.2, 0) is 9.63 Å². The topological polar surface area (TPSA) is 74.7 Å². The first kappa shape index (κ1) is 15.4. The molecule has 120 valence electrons. The molecule has 1 aliphatic heterocycles. The third kappa shape index (κ3) is 3.82. The number of aliphatic hydroxyl groups excluding tert-OH is 1. The van der Waals surface area contributed by atoms with Crippen molar-refractivity contribution in [3.05, 3.63) is 30.1 Å². The van der Waals surface area contributed by atoms with E-state index in [0.717, 1.165) is 38.1 Å². The molecule has 6 nitrogen and oxygen atoms in total. The average Bonchev–Trinajstić information content (AvgIpc) is 3.02. The van der Waals surface area contributed by atoms with E-state index in [-0.39, 0.29) is 24.0 Å². The first-order valence-corrected chi connectivity index (χ1v) is 7.98. The predicted octanol–water partition coefficient (Wildman–Crippen LogP) is 1.04. The van der Waals surface area contributed by atoms with Crippen molar-refractivity contribution in [2.75, 3.05) is 19.7 Å². The highest BCUT2D eigenvalue weighted by Crippen LogP contribution is 2.37. The predicted molar refractivity (Wildman–Crippen MR) is 80.6 cm³/mol. The quantitative estimate of drug-likeness (QED) is 0.821. The van der Waals surface area contributed by atoms with E-state index in [2.05, 4.69) is 10.3 Å². The van der Waals surface area contributed by atoms with Crippen LogP contribution in [0.3, 0.4) is 0 Å². The van der Waals surface area contributed by atoms with Crippen molar-refractivity contribution in [2.45, 2.75) is 37.8 Å². The number of amides is 1. The first-order chi connectivity index (χ1) is 10.7. The molecule has 2 heterocycles. The molecular weight excluding hydrogens is 282 g/mol. The molecule has 1 aromatic heterocycles. The van der Waals surface area contributed by atoms with Gasteiger partial charge in [0.25, 0.3) is 0 Å². The van der Waals surface area contributed by atoms with Crippen LogP contribution in [0, 0.1) is 5.92 Å². The largest absolute Gasteiger partial charge is 0.393 e. The van der Waals surface area contributed by atoms with Gasteiger partial charge in [-0.2, -0.15) is 5.06 Å². The maximum Gasteiger partial charge on any atom is 0.221 e. The van der Waals surface area contributed by atoms with Gasteiger partial charge in [-0.3, -0.25) is 14.6 Å². The Balaban J connectivity index is 1.56. The lowest BCUT2D eigenvalue weighted by atomic mass is 9.76. The van der Waals surface area contributed by atoms with Gasteiger partial charge in [0.05, 0.1) is 24.4 Å². The Morgan fingerprint density at radius 1 is 1.50 bits per heavy atom. The molecule has 2 aliphatic rings. The summed E-state index contributed by atoms with van der Waals surface area (Å²) in [6.07, 6.45) is 4.37. The standard InChI is InChI=1S/C16H23N3O3/c20-13-10-12(11-13)16(14-4-1-2-6-17-14)18-15(21)5-8-19-7-3-9-22-19/h1-2,4,6,12-13,16,20H,3,5,7-11H2,(H,18,21)/t12?,13?,16-/m0/s1. The molecule has 0 bridgehead atoms. The van der Waals surface area contributed by atoms with Gasteiger partial charge in [0.1, 0.15) is 0 Å². The molecule has 0 aromatic carbocycles. The number of pyridine rings is 1. The van der Waals surface area contributed by atoms with Crippen LogP contribution >= 0.6 is 0 Å². The lowest BCUT2D eigenvalue weighted by Gasteiger charge is -2.37. The molecule has 1 amide bonds. The van der Waals surface area contributed by atoms with Crippen LogP contribution in [0.25, 0.3) is 0 Å². The van der Waals surface area contributed by atoms with Crippen LogP contribution in [0.2, 0.25) is 0 Å². The van der Waals surface area contributed by atoms with Crippen molar-refractivity contribution in [1.29, 1.82) is 0 Å². The summed E-state index contributed by atoms with van der Waals surface area (Å²) in [6.45, 7) is 2.26. The van der Waals surface area contributed by atoms with Gasteiger partial charge in [0, 0.05) is 25.7 Å². The van der Waals surface area contributed by atoms with Gasteiger partial charge in [-0.15, -0.1) is 0 Å². The van der Waals surface area contributed by atoms with Crippen LogP contribution in [0.1, 0.15) is 37.4 Å². The smallest absolute Gasteiger partial charge is 0.221 e. The molecule has 2 N–H and O–H groups in total. The number of hydrogen-bond donors (Lipinski definition) is 2. The van der Waals surface area contributed by atoms with Crippen molar-refractivity contribution in [3.8, 4) is 0 Å². The van der Waals surface area contributed by atoms with Gasteiger partial charge in [-0.1, -0.05) is 6.07 Å². The van der Waals surface area contributed by atoms with Crippen LogP contribution in [-0.4, -0.2) is 46.9 Å². The molecule has 6 heteroatoms. The van der Waals surface area contributed by atoms with Gasteiger partial charge in [-0.25, -0.2) is 0 Å². The molecule has 3 rings (SSSR count). The van der Waals surface area contributed by atoms with E-state index in [1.807, 2.05) is 23.3 Å². The summed E-state index contributed by atoms with van der Waals surface area (Å²) in [6, 6.07) is 5.60. The Morgan fingerprint density at radius 3 is 3.00 bits per heavy atom. The highest BCUT2D eigenvalue weighted by Gasteiger charge is 2.36. The van der Waals surface area contributed by atoms with E-state index in [1.54, 1.807) is 6.20 Å². The molecule has 1 atom stereocenters. The number of nitrogens with one attached hydrogen (secondary N) is 1. The third-order valence-electron chi connectivity index (χ3n) is 4.36. The maximum absolute atomic E-state index is 12.2. The van der Waals surface area contributed by atoms with Crippen LogP contribution in [0.4, 0.5) is 0 Å². The first-order valence-electron chi connectivity index (χ1n) is 7.98. The van der Waals surface area contributed by atoms with Crippen LogP contribution in [0.5, 0.6) is 0 Å². The summed E-state index contributed by atoms with van der Waals surface area (Å²) in [5.74, 6) is 0.268. The number of rotatable bonds is 6. The maximum atomic E-state index is 12.2. The zero-order chi connectivity index (χ0) is 15.4. The Morgan fingerprint density at radius 2 is 2.36 bits per heavy atom. The van der Waals surface area contributed by atoms with Crippen molar-refractivity contribution < 1.29 is 14.7 Å². The van der Waals surface area contributed by atoms with E-state index < -0.39 is 0 Å². The number of hydroxylamine groups is 2. The fourth-order valence-electron chi connectivity index (χ4n) is 3.04. The number of carbonyl (C=O) groups is 1. The summed E-state index contributed by atoms with van der Waals surface area (Å²) in [5, 5.41) is 14.5. The summed E-state index contributed by atoms with van der Waals surface area (Å²) >= 11 is 0. The number of aromatic nitrogens is 1. The van der Waals surface area contributed by atoms with Gasteiger partial charge in [-0.05, 0) is 37.3 Å². The highest BCUT2D eigenvalue weighted by atomic mass is 16.7. The minimum atomic E-state index is -0.244. The van der Waals surface area contributed by atoms with E-state index in [4.69, 9.17) is 4.84 Å². The second kappa shape index (κ2) is 7.17. The van der Waals surface area contributed by atoms with Crippen molar-refractivity contribution in [3.63, 3.8) is 0 Å². The van der Waals surface area contributed by atoms with Gasteiger partial charge in [0.2, 0.25) is 5.91 Å². The molecule has 1 aliphatic carbocycles. The molecule has 1 saturated heterocycles. The van der Waals surface area contributed by atoms with Gasteiger partial charge in [0.15, 0.2) is 0 Å². The zero-order valence-corrected chi connectivity index (χ0v) is 12.6. The molecule has 0 radical (unpaired) electrons. The van der Waals surface area contributed by atoms with Crippen molar-refractivity contribution in [1.82, 2.24) is 15.4 Å². The molecule has 1 aromatic rings. The second-order valence-electron chi connectivity index (χ2n) is 6.05. The minimum absolute atomic E-state index is 0.00698. The van der Waals surface area contributed by atoms with Gasteiger partial charge < -0.3 is 10.4 Å². The molecule has 0 spiro atoms. The summed E-state index contributed by atoms with van der Waals surface area (Å²) < 4.78 is 0. The Bertz CT molecular complexity index is 485. The number of nitrogens with zero attached hydrogens (tertiary/aromatic N) is 2. The Hall–Kier alpha value is -1.50. The summed E-state index contributed by atoms with van der Waals surface area (Å²) in [5.41, 5.74) is 0.866. The van der Waals surface area contributed by atoms with Crippen molar-refractivity contribution >= 4 is 5.91 Å².